The van der Waals surface area contributed by atoms with Crippen LogP contribution >= 0.6 is 23.1 Å². The molecule has 0 spiro atoms. The Morgan fingerprint density at radius 3 is 3.05 bits per heavy atom. The van der Waals surface area contributed by atoms with Gasteiger partial charge in [-0.25, -0.2) is 0 Å². The summed E-state index contributed by atoms with van der Waals surface area (Å²) in [6.45, 7) is 1.96. The van der Waals surface area contributed by atoms with Crippen LogP contribution in [0.15, 0.2) is 24.3 Å². The normalized spacial score (nSPS) is 10.5. The van der Waals surface area contributed by atoms with Gasteiger partial charge in [-0.2, -0.15) is 0 Å². The van der Waals surface area contributed by atoms with Gasteiger partial charge >= 0.3 is 0 Å². The molecule has 0 saturated heterocycles. The molecular weight excluding hydrogens is 294 g/mol. The molecule has 1 amide bonds. The lowest BCUT2D eigenvalue weighted by molar-refractivity contribution is 0.102. The summed E-state index contributed by atoms with van der Waals surface area (Å²) in [7, 11) is 0. The summed E-state index contributed by atoms with van der Waals surface area (Å²) in [5.41, 5.74) is 2.70. The number of aromatic nitrogens is 2. The number of alkyl halides is 1. The Labute approximate surface area is 127 Å². The summed E-state index contributed by atoms with van der Waals surface area (Å²) in [6.07, 6.45) is 2.54. The third-order valence-electron chi connectivity index (χ3n) is 2.88. The van der Waals surface area contributed by atoms with Gasteiger partial charge in [-0.05, 0) is 48.5 Å². The van der Waals surface area contributed by atoms with E-state index in [0.717, 1.165) is 35.8 Å². The molecule has 1 aromatic heterocycles. The van der Waals surface area contributed by atoms with Crippen LogP contribution in [0, 0.1) is 0 Å². The maximum atomic E-state index is 12.2. The van der Waals surface area contributed by atoms with Crippen LogP contribution in [0.1, 0.15) is 34.3 Å². The van der Waals surface area contributed by atoms with E-state index in [4.69, 9.17) is 11.6 Å². The topological polar surface area (TPSA) is 54.9 Å². The summed E-state index contributed by atoms with van der Waals surface area (Å²) in [5.74, 6) is 0.495. The first-order valence-corrected chi connectivity index (χ1v) is 7.83. The summed E-state index contributed by atoms with van der Waals surface area (Å²) in [6, 6.07) is 7.82. The van der Waals surface area contributed by atoms with Gasteiger partial charge in [0.05, 0.1) is 5.69 Å². The van der Waals surface area contributed by atoms with Crippen molar-refractivity contribution in [3.8, 4) is 0 Å². The lowest BCUT2D eigenvalue weighted by Crippen LogP contribution is -2.12. The molecule has 0 radical (unpaired) electrons. The summed E-state index contributed by atoms with van der Waals surface area (Å²) < 4.78 is 3.83. The fraction of sp³-hybridized carbons (Fsp3) is 0.357. The number of anilines is 1. The van der Waals surface area contributed by atoms with E-state index in [0.29, 0.717) is 17.2 Å². The first-order valence-electron chi connectivity index (χ1n) is 6.52. The summed E-state index contributed by atoms with van der Waals surface area (Å²) in [5, 5.41) is 6.84. The third-order valence-corrected chi connectivity index (χ3v) is 3.91. The van der Waals surface area contributed by atoms with Crippen LogP contribution in [0.5, 0.6) is 0 Å². The quantitative estimate of drug-likeness (QED) is 0.831. The zero-order valence-corrected chi connectivity index (χ0v) is 12.8. The maximum absolute atomic E-state index is 12.2. The zero-order chi connectivity index (χ0) is 14.4. The number of halogens is 1. The molecule has 0 saturated carbocycles. The molecule has 0 aliphatic rings. The van der Waals surface area contributed by atoms with E-state index < -0.39 is 0 Å². The summed E-state index contributed by atoms with van der Waals surface area (Å²) >= 11 is 6.82. The minimum Gasteiger partial charge on any atom is -0.321 e. The van der Waals surface area contributed by atoms with Gasteiger partial charge in [0.25, 0.3) is 5.91 Å². The molecular formula is C14H16ClN3OS. The molecule has 0 atom stereocenters. The van der Waals surface area contributed by atoms with Gasteiger partial charge in [0, 0.05) is 11.6 Å². The SMILES string of the molecule is CCc1nnsc1C(=O)Nc1cccc(CCCCl)c1. The van der Waals surface area contributed by atoms with Gasteiger partial charge in [0.15, 0.2) is 0 Å². The Morgan fingerprint density at radius 1 is 1.45 bits per heavy atom. The molecule has 0 aliphatic carbocycles. The second kappa shape index (κ2) is 7.36. The van der Waals surface area contributed by atoms with Gasteiger partial charge in [-0.1, -0.05) is 23.5 Å². The van der Waals surface area contributed by atoms with Crippen molar-refractivity contribution in [1.82, 2.24) is 9.59 Å². The van der Waals surface area contributed by atoms with Crippen molar-refractivity contribution in [3.63, 3.8) is 0 Å². The average Bonchev–Trinajstić information content (AvgIpc) is 2.94. The zero-order valence-electron chi connectivity index (χ0n) is 11.2. The van der Waals surface area contributed by atoms with Crippen molar-refractivity contribution in [2.45, 2.75) is 26.2 Å². The number of carbonyl (C=O) groups is 1. The summed E-state index contributed by atoms with van der Waals surface area (Å²) in [4.78, 5) is 12.8. The highest BCUT2D eigenvalue weighted by molar-refractivity contribution is 7.08. The minimum absolute atomic E-state index is 0.147. The fourth-order valence-corrected chi connectivity index (χ4v) is 2.65. The molecule has 4 nitrogen and oxygen atoms in total. The average molecular weight is 310 g/mol. The molecule has 6 heteroatoms. The molecule has 2 aromatic rings. The van der Waals surface area contributed by atoms with Crippen LogP contribution in [0.3, 0.4) is 0 Å². The van der Waals surface area contributed by atoms with Crippen LogP contribution in [0.2, 0.25) is 0 Å². The van der Waals surface area contributed by atoms with Gasteiger partial charge in [0.1, 0.15) is 4.88 Å². The number of carbonyl (C=O) groups excluding carboxylic acids is 1. The highest BCUT2D eigenvalue weighted by Crippen LogP contribution is 2.17. The number of hydrogen-bond acceptors (Lipinski definition) is 4. The first-order chi connectivity index (χ1) is 9.74. The first kappa shape index (κ1) is 14.9. The van der Waals surface area contributed by atoms with Crippen molar-refractivity contribution < 1.29 is 4.79 Å². The van der Waals surface area contributed by atoms with Gasteiger partial charge < -0.3 is 5.32 Å². The molecule has 0 fully saturated rings. The van der Waals surface area contributed by atoms with Crippen LogP contribution in [0.25, 0.3) is 0 Å². The Balaban J connectivity index is 2.08. The number of nitrogens with one attached hydrogen (secondary N) is 1. The van der Waals surface area contributed by atoms with Crippen LogP contribution in [-0.4, -0.2) is 21.4 Å². The Morgan fingerprint density at radius 2 is 2.30 bits per heavy atom. The number of hydrogen-bond donors (Lipinski definition) is 1. The van der Waals surface area contributed by atoms with Crippen molar-refractivity contribution in [1.29, 1.82) is 0 Å². The smallest absolute Gasteiger partial charge is 0.269 e. The monoisotopic (exact) mass is 309 g/mol. The van der Waals surface area contributed by atoms with E-state index in [1.165, 1.54) is 5.56 Å². The van der Waals surface area contributed by atoms with Crippen molar-refractivity contribution >= 4 is 34.7 Å². The number of nitrogens with zero attached hydrogens (tertiary/aromatic N) is 2. The second-order valence-corrected chi connectivity index (χ2v) is 5.48. The lowest BCUT2D eigenvalue weighted by Gasteiger charge is -2.06. The molecule has 0 aliphatic heterocycles. The van der Waals surface area contributed by atoms with Gasteiger partial charge in [0.2, 0.25) is 0 Å². The van der Waals surface area contributed by atoms with Crippen molar-refractivity contribution in [3.05, 3.63) is 40.4 Å². The van der Waals surface area contributed by atoms with Crippen LogP contribution in [-0.2, 0) is 12.8 Å². The van der Waals surface area contributed by atoms with E-state index in [1.54, 1.807) is 0 Å². The maximum Gasteiger partial charge on any atom is 0.269 e. The number of amides is 1. The predicted molar refractivity (Wildman–Crippen MR) is 82.7 cm³/mol. The van der Waals surface area contributed by atoms with Crippen LogP contribution in [0.4, 0.5) is 5.69 Å². The molecule has 20 heavy (non-hydrogen) atoms. The van der Waals surface area contributed by atoms with Crippen molar-refractivity contribution in [2.75, 3.05) is 11.2 Å². The van der Waals surface area contributed by atoms with Gasteiger partial charge in [-0.15, -0.1) is 16.7 Å². The molecule has 106 valence electrons. The number of aryl methyl sites for hydroxylation is 2. The van der Waals surface area contributed by atoms with E-state index >= 15 is 0 Å². The van der Waals surface area contributed by atoms with E-state index in [-0.39, 0.29) is 5.91 Å². The molecule has 1 heterocycles. The third kappa shape index (κ3) is 3.77. The standard InChI is InChI=1S/C14H16ClN3OS/c1-2-12-13(20-18-17-12)14(19)16-11-7-3-5-10(9-11)6-4-8-15/h3,5,7,9H,2,4,6,8H2,1H3,(H,16,19). The Kier molecular flexibility index (Phi) is 5.49. The predicted octanol–water partition coefficient (Wildman–Crippen LogP) is 3.52. The fourth-order valence-electron chi connectivity index (χ4n) is 1.88. The molecule has 0 unspecified atom stereocenters. The Hall–Kier alpha value is -1.46. The Bertz CT molecular complexity index is 585. The van der Waals surface area contributed by atoms with E-state index in [1.807, 2.05) is 31.2 Å². The van der Waals surface area contributed by atoms with E-state index in [2.05, 4.69) is 14.9 Å². The molecule has 2 rings (SSSR count). The number of benzene rings is 1. The largest absolute Gasteiger partial charge is 0.321 e. The highest BCUT2D eigenvalue weighted by atomic mass is 35.5. The lowest BCUT2D eigenvalue weighted by atomic mass is 10.1. The minimum atomic E-state index is -0.147. The highest BCUT2D eigenvalue weighted by Gasteiger charge is 2.15. The van der Waals surface area contributed by atoms with Crippen molar-refractivity contribution in [2.24, 2.45) is 0 Å². The van der Waals surface area contributed by atoms with Crippen LogP contribution < -0.4 is 5.32 Å². The molecule has 1 aromatic carbocycles. The van der Waals surface area contributed by atoms with E-state index in [9.17, 15) is 4.79 Å². The van der Waals surface area contributed by atoms with Gasteiger partial charge in [-0.3, -0.25) is 4.79 Å². The number of rotatable bonds is 6. The second-order valence-electron chi connectivity index (χ2n) is 4.35. The molecule has 1 N–H and O–H groups in total. The molecule has 0 bridgehead atoms.